The van der Waals surface area contributed by atoms with Crippen molar-refractivity contribution in [2.75, 3.05) is 19.6 Å². The average Bonchev–Trinajstić information content (AvgIpc) is 2.37. The van der Waals surface area contributed by atoms with E-state index >= 15 is 0 Å². The smallest absolute Gasteiger partial charge is 0.244 e. The summed E-state index contributed by atoms with van der Waals surface area (Å²) in [4.78, 5) is 0.314. The minimum Gasteiger partial charge on any atom is -0.330 e. The second kappa shape index (κ2) is 7.22. The van der Waals surface area contributed by atoms with Crippen molar-refractivity contribution in [2.24, 2.45) is 11.1 Å². The summed E-state index contributed by atoms with van der Waals surface area (Å²) in [5, 5.41) is 0. The maximum absolute atomic E-state index is 12.9. The number of aryl methyl sites for hydroxylation is 1. The highest BCUT2D eigenvalue weighted by atomic mass is 79.9. The van der Waals surface area contributed by atoms with Gasteiger partial charge in [0.1, 0.15) is 0 Å². The fraction of sp³-hybridized carbons (Fsp3) is 0.600. The maximum Gasteiger partial charge on any atom is 0.244 e. The third kappa shape index (κ3) is 4.77. The highest BCUT2D eigenvalue weighted by Gasteiger charge is 2.30. The van der Waals surface area contributed by atoms with Crippen molar-refractivity contribution in [1.82, 2.24) is 4.31 Å². The van der Waals surface area contributed by atoms with Gasteiger partial charge in [0.2, 0.25) is 10.0 Å². The molecule has 1 aromatic carbocycles. The Balaban J connectivity index is 3.21. The second-order valence-corrected chi connectivity index (χ2v) is 8.90. The van der Waals surface area contributed by atoms with E-state index < -0.39 is 10.0 Å². The predicted molar refractivity (Wildman–Crippen MR) is 90.8 cm³/mol. The van der Waals surface area contributed by atoms with Crippen LogP contribution in [-0.2, 0) is 10.0 Å². The van der Waals surface area contributed by atoms with E-state index in [9.17, 15) is 8.42 Å². The molecule has 120 valence electrons. The van der Waals surface area contributed by atoms with E-state index in [0.717, 1.165) is 12.0 Å². The fourth-order valence-electron chi connectivity index (χ4n) is 2.03. The molecule has 1 aromatic rings. The van der Waals surface area contributed by atoms with Crippen molar-refractivity contribution in [3.05, 3.63) is 28.2 Å². The summed E-state index contributed by atoms with van der Waals surface area (Å²) in [6.07, 6.45) is 0.767. The fourth-order valence-corrected chi connectivity index (χ4v) is 4.90. The molecule has 0 aromatic heterocycles. The molecule has 21 heavy (non-hydrogen) atoms. The van der Waals surface area contributed by atoms with Gasteiger partial charge in [0, 0.05) is 17.6 Å². The first-order chi connectivity index (χ1) is 9.64. The standard InChI is InChI=1S/C15H25BrN2O2S/c1-5-8-18(11-15(3,4)10-17)21(19,20)14-7-6-12(2)9-13(14)16/h6-7,9H,5,8,10-11,17H2,1-4H3. The summed E-state index contributed by atoms with van der Waals surface area (Å²) in [5.74, 6) is 0. The molecule has 0 aliphatic rings. The first-order valence-corrected chi connectivity index (χ1v) is 9.34. The van der Waals surface area contributed by atoms with Crippen molar-refractivity contribution in [3.8, 4) is 0 Å². The third-order valence-electron chi connectivity index (χ3n) is 3.34. The number of sulfonamides is 1. The lowest BCUT2D eigenvalue weighted by atomic mass is 9.94. The van der Waals surface area contributed by atoms with E-state index in [2.05, 4.69) is 15.9 Å². The van der Waals surface area contributed by atoms with Crippen LogP contribution >= 0.6 is 15.9 Å². The number of hydrogen-bond donors (Lipinski definition) is 1. The Bertz CT molecular complexity index is 585. The zero-order chi connectivity index (χ0) is 16.3. The molecule has 0 unspecified atom stereocenters. The van der Waals surface area contributed by atoms with Gasteiger partial charge in [0.15, 0.2) is 0 Å². The molecule has 1 rings (SSSR count). The molecule has 0 saturated carbocycles. The third-order valence-corrected chi connectivity index (χ3v) is 6.16. The minimum atomic E-state index is -3.52. The van der Waals surface area contributed by atoms with Gasteiger partial charge in [-0.1, -0.05) is 26.8 Å². The molecule has 0 aliphatic heterocycles. The first kappa shape index (κ1) is 18.6. The number of hydrogen-bond acceptors (Lipinski definition) is 3. The normalized spacial score (nSPS) is 12.9. The van der Waals surface area contributed by atoms with E-state index in [1.165, 1.54) is 4.31 Å². The van der Waals surface area contributed by atoms with Crippen LogP contribution in [0.2, 0.25) is 0 Å². The summed E-state index contributed by atoms with van der Waals surface area (Å²) in [6, 6.07) is 5.30. The number of benzene rings is 1. The molecule has 0 bridgehead atoms. The highest BCUT2D eigenvalue weighted by molar-refractivity contribution is 9.10. The van der Waals surface area contributed by atoms with Crippen LogP contribution in [-0.4, -0.2) is 32.4 Å². The molecule has 0 radical (unpaired) electrons. The molecular formula is C15H25BrN2O2S. The lowest BCUT2D eigenvalue weighted by Crippen LogP contribution is -2.42. The number of rotatable bonds is 7. The molecule has 0 atom stereocenters. The molecular weight excluding hydrogens is 352 g/mol. The van der Waals surface area contributed by atoms with Crippen LogP contribution in [0.15, 0.2) is 27.6 Å². The summed E-state index contributed by atoms with van der Waals surface area (Å²) in [7, 11) is -3.52. The minimum absolute atomic E-state index is 0.251. The summed E-state index contributed by atoms with van der Waals surface area (Å²) in [5.41, 5.74) is 6.52. The summed E-state index contributed by atoms with van der Waals surface area (Å²) in [6.45, 7) is 9.22. The second-order valence-electron chi connectivity index (χ2n) is 6.14. The Labute approximate surface area is 136 Å². The SMILES string of the molecule is CCCN(CC(C)(C)CN)S(=O)(=O)c1ccc(C)cc1Br. The molecule has 0 spiro atoms. The van der Waals surface area contributed by atoms with Gasteiger partial charge in [-0.3, -0.25) is 0 Å². The van der Waals surface area contributed by atoms with Gasteiger partial charge in [-0.25, -0.2) is 8.42 Å². The molecule has 0 heterocycles. The molecule has 4 nitrogen and oxygen atoms in total. The summed E-state index contributed by atoms with van der Waals surface area (Å²) < 4.78 is 27.9. The van der Waals surface area contributed by atoms with E-state index in [-0.39, 0.29) is 5.41 Å². The monoisotopic (exact) mass is 376 g/mol. The van der Waals surface area contributed by atoms with Gasteiger partial charge in [-0.2, -0.15) is 4.31 Å². The molecule has 0 amide bonds. The van der Waals surface area contributed by atoms with Crippen molar-refractivity contribution < 1.29 is 8.42 Å². The number of halogens is 1. The highest BCUT2D eigenvalue weighted by Crippen LogP contribution is 2.28. The van der Waals surface area contributed by atoms with Crippen molar-refractivity contribution in [2.45, 2.75) is 39.0 Å². The molecule has 2 N–H and O–H groups in total. The summed E-state index contributed by atoms with van der Waals surface area (Å²) >= 11 is 3.37. The van der Waals surface area contributed by atoms with Crippen molar-refractivity contribution in [1.29, 1.82) is 0 Å². The van der Waals surface area contributed by atoms with Crippen LogP contribution in [0.1, 0.15) is 32.8 Å². The van der Waals surface area contributed by atoms with Gasteiger partial charge in [0.05, 0.1) is 4.90 Å². The van der Waals surface area contributed by atoms with E-state index in [1.54, 1.807) is 6.07 Å². The van der Waals surface area contributed by atoms with Crippen LogP contribution in [0.4, 0.5) is 0 Å². The topological polar surface area (TPSA) is 63.4 Å². The Morgan fingerprint density at radius 3 is 2.43 bits per heavy atom. The van der Waals surface area contributed by atoms with Crippen LogP contribution in [0.25, 0.3) is 0 Å². The Morgan fingerprint density at radius 2 is 1.95 bits per heavy atom. The zero-order valence-corrected chi connectivity index (χ0v) is 15.6. The lowest BCUT2D eigenvalue weighted by Gasteiger charge is -2.31. The number of nitrogens with zero attached hydrogens (tertiary/aromatic N) is 1. The predicted octanol–water partition coefficient (Wildman–Crippen LogP) is 3.14. The van der Waals surface area contributed by atoms with Gasteiger partial charge in [-0.05, 0) is 58.9 Å². The number of nitrogens with two attached hydrogens (primary N) is 1. The molecule has 0 fully saturated rings. The quantitative estimate of drug-likeness (QED) is 0.794. The largest absolute Gasteiger partial charge is 0.330 e. The van der Waals surface area contributed by atoms with Gasteiger partial charge < -0.3 is 5.73 Å². The Kier molecular flexibility index (Phi) is 6.40. The van der Waals surface area contributed by atoms with E-state index in [4.69, 9.17) is 5.73 Å². The van der Waals surface area contributed by atoms with Crippen molar-refractivity contribution >= 4 is 26.0 Å². The molecule has 0 aliphatic carbocycles. The van der Waals surface area contributed by atoms with Crippen molar-refractivity contribution in [3.63, 3.8) is 0 Å². The molecule has 0 saturated heterocycles. The van der Waals surface area contributed by atoms with Gasteiger partial charge in [-0.15, -0.1) is 0 Å². The Hall–Kier alpha value is -0.430. The first-order valence-electron chi connectivity index (χ1n) is 7.10. The van der Waals surface area contributed by atoms with Crippen LogP contribution in [0.5, 0.6) is 0 Å². The van der Waals surface area contributed by atoms with Gasteiger partial charge in [0.25, 0.3) is 0 Å². The van der Waals surface area contributed by atoms with Crippen LogP contribution < -0.4 is 5.73 Å². The van der Waals surface area contributed by atoms with Gasteiger partial charge >= 0.3 is 0 Å². The Morgan fingerprint density at radius 1 is 1.33 bits per heavy atom. The zero-order valence-electron chi connectivity index (χ0n) is 13.2. The van der Waals surface area contributed by atoms with Crippen LogP contribution in [0.3, 0.4) is 0 Å². The van der Waals surface area contributed by atoms with E-state index in [0.29, 0.717) is 29.0 Å². The van der Waals surface area contributed by atoms with E-state index in [1.807, 2.05) is 39.8 Å². The average molecular weight is 377 g/mol. The van der Waals surface area contributed by atoms with Crippen LogP contribution in [0, 0.1) is 12.3 Å². The molecule has 6 heteroatoms. The maximum atomic E-state index is 12.9. The lowest BCUT2D eigenvalue weighted by molar-refractivity contribution is 0.266.